The zero-order valence-electron chi connectivity index (χ0n) is 17.9. The summed E-state index contributed by atoms with van der Waals surface area (Å²) in [6.45, 7) is 5.31. The molecule has 0 aliphatic heterocycles. The number of anilines is 1. The van der Waals surface area contributed by atoms with Crippen LogP contribution in [-0.4, -0.2) is 29.4 Å². The minimum Gasteiger partial charge on any atom is -0.490 e. The van der Waals surface area contributed by atoms with Gasteiger partial charge in [0, 0.05) is 11.6 Å². The molecule has 3 aromatic rings. The summed E-state index contributed by atoms with van der Waals surface area (Å²) in [5.74, 6) is 1.67. The van der Waals surface area contributed by atoms with Crippen molar-refractivity contribution in [1.82, 2.24) is 9.97 Å². The Balaban J connectivity index is 1.69. The van der Waals surface area contributed by atoms with E-state index in [-0.39, 0.29) is 11.5 Å². The maximum atomic E-state index is 12.0. The van der Waals surface area contributed by atoms with Crippen LogP contribution < -0.4 is 20.5 Å². The third kappa shape index (κ3) is 6.70. The molecule has 7 heteroatoms. The van der Waals surface area contributed by atoms with Crippen molar-refractivity contribution in [3.63, 3.8) is 0 Å². The van der Waals surface area contributed by atoms with Crippen LogP contribution in [0.2, 0.25) is 0 Å². The fraction of sp³-hybridized carbons (Fsp3) is 0.292. The number of aromatic amines is 1. The topological polar surface area (TPSA) is 88.6 Å². The van der Waals surface area contributed by atoms with Crippen LogP contribution >= 0.6 is 0 Å². The summed E-state index contributed by atoms with van der Waals surface area (Å²) in [7, 11) is 0. The quantitative estimate of drug-likeness (QED) is 0.263. The van der Waals surface area contributed by atoms with Crippen LogP contribution in [0.15, 0.2) is 64.5 Å². The Morgan fingerprint density at radius 2 is 1.87 bits per heavy atom. The van der Waals surface area contributed by atoms with Crippen LogP contribution in [0, 0.1) is 0 Å². The zero-order valence-corrected chi connectivity index (χ0v) is 17.9. The lowest BCUT2D eigenvalue weighted by atomic mass is 10.1. The molecule has 0 radical (unpaired) electrons. The minimum absolute atomic E-state index is 0.255. The molecule has 0 aliphatic rings. The maximum Gasteiger partial charge on any atom is 0.252 e. The van der Waals surface area contributed by atoms with Gasteiger partial charge in [-0.1, -0.05) is 50.1 Å². The van der Waals surface area contributed by atoms with Gasteiger partial charge < -0.3 is 9.47 Å². The van der Waals surface area contributed by atoms with Crippen LogP contribution in [0.4, 0.5) is 5.95 Å². The third-order valence-corrected chi connectivity index (χ3v) is 4.47. The van der Waals surface area contributed by atoms with Gasteiger partial charge in [-0.25, -0.2) is 10.4 Å². The van der Waals surface area contributed by atoms with Crippen molar-refractivity contribution < 1.29 is 9.47 Å². The summed E-state index contributed by atoms with van der Waals surface area (Å²) in [5.41, 5.74) is 4.80. The molecule has 0 atom stereocenters. The molecule has 0 aliphatic carbocycles. The summed E-state index contributed by atoms with van der Waals surface area (Å²) < 4.78 is 11.6. The van der Waals surface area contributed by atoms with E-state index in [0.717, 1.165) is 36.1 Å². The number of unbranched alkanes of at least 4 members (excludes halogenated alkanes) is 2. The first-order valence-corrected chi connectivity index (χ1v) is 10.5. The highest BCUT2D eigenvalue weighted by molar-refractivity contribution is 5.81. The molecule has 0 saturated heterocycles. The van der Waals surface area contributed by atoms with E-state index >= 15 is 0 Å². The molecule has 0 saturated carbocycles. The standard InChI is InChI=1S/C24H28N4O3/c1-3-5-9-14-31-21-13-12-18(15-22(21)30-4-2)17-25-28-24-26-20(16-23(29)27-24)19-10-7-6-8-11-19/h6-8,10-13,15-17H,3-5,9,14H2,1-2H3,(H2,26,27,28,29)/b25-17-. The molecule has 0 spiro atoms. The normalized spacial score (nSPS) is 10.9. The Bertz CT molecular complexity index is 1050. The van der Waals surface area contributed by atoms with E-state index in [0.29, 0.717) is 24.7 Å². The number of H-pyrrole nitrogens is 1. The third-order valence-electron chi connectivity index (χ3n) is 4.47. The molecule has 2 aromatic carbocycles. The van der Waals surface area contributed by atoms with E-state index < -0.39 is 0 Å². The number of hydrogen-bond donors (Lipinski definition) is 2. The number of aromatic nitrogens is 2. The van der Waals surface area contributed by atoms with Gasteiger partial charge in [0.1, 0.15) is 0 Å². The molecular weight excluding hydrogens is 392 g/mol. The Labute approximate surface area is 182 Å². The molecule has 3 rings (SSSR count). The highest BCUT2D eigenvalue weighted by atomic mass is 16.5. The molecule has 1 heterocycles. The molecular formula is C24H28N4O3. The number of hydrogen-bond acceptors (Lipinski definition) is 6. The fourth-order valence-corrected chi connectivity index (χ4v) is 2.96. The second kappa shape index (κ2) is 11.5. The SMILES string of the molecule is CCCCCOc1ccc(/C=N\Nc2nc(-c3ccccc3)cc(=O)[nH]2)cc1OCC. The van der Waals surface area contributed by atoms with Gasteiger partial charge >= 0.3 is 0 Å². The van der Waals surface area contributed by atoms with Gasteiger partial charge in [-0.05, 0) is 37.1 Å². The molecule has 0 unspecified atom stereocenters. The summed E-state index contributed by atoms with van der Waals surface area (Å²) in [4.78, 5) is 19.0. The lowest BCUT2D eigenvalue weighted by Crippen LogP contribution is -2.10. The van der Waals surface area contributed by atoms with Crippen molar-refractivity contribution in [2.75, 3.05) is 18.6 Å². The number of nitrogens with one attached hydrogen (secondary N) is 2. The van der Waals surface area contributed by atoms with Crippen molar-refractivity contribution >= 4 is 12.2 Å². The van der Waals surface area contributed by atoms with Crippen LogP contribution in [0.25, 0.3) is 11.3 Å². The molecule has 31 heavy (non-hydrogen) atoms. The van der Waals surface area contributed by atoms with E-state index in [2.05, 4.69) is 27.4 Å². The number of rotatable bonds is 11. The lowest BCUT2D eigenvalue weighted by molar-refractivity contribution is 0.271. The average molecular weight is 421 g/mol. The van der Waals surface area contributed by atoms with Gasteiger partial charge in [0.25, 0.3) is 5.56 Å². The second-order valence-corrected chi connectivity index (χ2v) is 6.91. The van der Waals surface area contributed by atoms with E-state index in [1.165, 1.54) is 6.07 Å². The number of hydrazone groups is 1. The monoisotopic (exact) mass is 420 g/mol. The highest BCUT2D eigenvalue weighted by Crippen LogP contribution is 2.28. The van der Waals surface area contributed by atoms with Crippen molar-refractivity contribution in [2.45, 2.75) is 33.1 Å². The second-order valence-electron chi connectivity index (χ2n) is 6.91. The Morgan fingerprint density at radius 3 is 2.65 bits per heavy atom. The first-order chi connectivity index (χ1) is 15.2. The highest BCUT2D eigenvalue weighted by Gasteiger charge is 2.06. The number of nitrogens with zero attached hydrogens (tertiary/aromatic N) is 2. The predicted molar refractivity (Wildman–Crippen MR) is 124 cm³/mol. The molecule has 162 valence electrons. The Kier molecular flexibility index (Phi) is 8.22. The largest absolute Gasteiger partial charge is 0.490 e. The predicted octanol–water partition coefficient (Wildman–Crippen LogP) is 4.85. The molecule has 0 amide bonds. The van der Waals surface area contributed by atoms with Crippen molar-refractivity contribution in [3.05, 3.63) is 70.5 Å². The van der Waals surface area contributed by atoms with E-state index in [1.807, 2.05) is 55.5 Å². The smallest absolute Gasteiger partial charge is 0.252 e. The molecule has 0 bridgehead atoms. The zero-order chi connectivity index (χ0) is 21.9. The molecule has 0 fully saturated rings. The van der Waals surface area contributed by atoms with Gasteiger partial charge in [0.05, 0.1) is 25.1 Å². The van der Waals surface area contributed by atoms with Crippen molar-refractivity contribution in [3.8, 4) is 22.8 Å². The number of ether oxygens (including phenoxy) is 2. The van der Waals surface area contributed by atoms with Crippen LogP contribution in [0.3, 0.4) is 0 Å². The summed E-state index contributed by atoms with van der Waals surface area (Å²) in [6, 6.07) is 16.6. The van der Waals surface area contributed by atoms with Gasteiger partial charge in [-0.2, -0.15) is 5.10 Å². The van der Waals surface area contributed by atoms with E-state index in [1.54, 1.807) is 6.21 Å². The van der Waals surface area contributed by atoms with Gasteiger partial charge in [-0.3, -0.25) is 9.78 Å². The van der Waals surface area contributed by atoms with Crippen LogP contribution in [-0.2, 0) is 0 Å². The molecule has 1 aromatic heterocycles. The summed E-state index contributed by atoms with van der Waals surface area (Å²) >= 11 is 0. The van der Waals surface area contributed by atoms with Crippen LogP contribution in [0.5, 0.6) is 11.5 Å². The van der Waals surface area contributed by atoms with Crippen molar-refractivity contribution in [1.29, 1.82) is 0 Å². The number of benzene rings is 2. The van der Waals surface area contributed by atoms with Gasteiger partial charge in [0.2, 0.25) is 5.95 Å². The average Bonchev–Trinajstić information content (AvgIpc) is 2.78. The summed E-state index contributed by atoms with van der Waals surface area (Å²) in [5, 5.41) is 4.20. The first kappa shape index (κ1) is 22.1. The van der Waals surface area contributed by atoms with Gasteiger partial charge in [-0.15, -0.1) is 0 Å². The van der Waals surface area contributed by atoms with Crippen molar-refractivity contribution in [2.24, 2.45) is 5.10 Å². The fourth-order valence-electron chi connectivity index (χ4n) is 2.96. The van der Waals surface area contributed by atoms with Crippen LogP contribution in [0.1, 0.15) is 38.7 Å². The lowest BCUT2D eigenvalue weighted by Gasteiger charge is -2.12. The van der Waals surface area contributed by atoms with E-state index in [9.17, 15) is 4.79 Å². The van der Waals surface area contributed by atoms with Gasteiger partial charge in [0.15, 0.2) is 11.5 Å². The maximum absolute atomic E-state index is 12.0. The Hall–Kier alpha value is -3.61. The first-order valence-electron chi connectivity index (χ1n) is 10.5. The summed E-state index contributed by atoms with van der Waals surface area (Å²) in [6.07, 6.45) is 4.95. The Morgan fingerprint density at radius 1 is 1.03 bits per heavy atom. The molecule has 2 N–H and O–H groups in total. The minimum atomic E-state index is -0.255. The molecule has 7 nitrogen and oxygen atoms in total. The van der Waals surface area contributed by atoms with E-state index in [4.69, 9.17) is 9.47 Å².